The summed E-state index contributed by atoms with van der Waals surface area (Å²) in [6.07, 6.45) is -0.826. The van der Waals surface area contributed by atoms with Crippen LogP contribution in [-0.2, 0) is 0 Å². The van der Waals surface area contributed by atoms with Gasteiger partial charge in [-0.2, -0.15) is 0 Å². The number of hydrogen-bond donors (Lipinski definition) is 3. The number of aliphatic imine (C=N–C) groups is 1. The summed E-state index contributed by atoms with van der Waals surface area (Å²) in [4.78, 5) is 4.68. The molecule has 0 saturated heterocycles. The van der Waals surface area contributed by atoms with E-state index in [0.29, 0.717) is 0 Å². The van der Waals surface area contributed by atoms with Crippen molar-refractivity contribution in [3.8, 4) is 0 Å². The van der Waals surface area contributed by atoms with Gasteiger partial charge in [-0.1, -0.05) is 60.7 Å². The van der Waals surface area contributed by atoms with Crippen molar-refractivity contribution in [1.29, 1.82) is 0 Å². The molecule has 0 aliphatic heterocycles. The van der Waals surface area contributed by atoms with Gasteiger partial charge in [0.15, 0.2) is 0 Å². The van der Waals surface area contributed by atoms with E-state index in [0.717, 1.165) is 16.8 Å². The van der Waals surface area contributed by atoms with Crippen molar-refractivity contribution in [3.63, 3.8) is 0 Å². The molecule has 0 radical (unpaired) electrons. The Kier molecular flexibility index (Phi) is 9.06. The first-order valence-electron chi connectivity index (χ1n) is 8.63. The molecule has 2 aromatic rings. The molecule has 25 heavy (non-hydrogen) atoms. The predicted molar refractivity (Wildman–Crippen MR) is 105 cm³/mol. The normalized spacial score (nSPS) is 15.2. The SMILES string of the molecule is CC(N)C(C)O.CC(O)C(C)N=C(c1ccccc1)c1ccccc1. The summed E-state index contributed by atoms with van der Waals surface area (Å²) in [5.74, 6) is 0. The molecule has 2 rings (SSSR count). The molecule has 0 aliphatic carbocycles. The third-order valence-electron chi connectivity index (χ3n) is 3.89. The van der Waals surface area contributed by atoms with E-state index in [1.807, 2.05) is 67.6 Å². The zero-order chi connectivity index (χ0) is 18.8. The van der Waals surface area contributed by atoms with Crippen LogP contribution in [0.5, 0.6) is 0 Å². The fourth-order valence-electron chi connectivity index (χ4n) is 1.82. The number of aliphatic hydroxyl groups is 2. The maximum atomic E-state index is 9.66. The van der Waals surface area contributed by atoms with Crippen LogP contribution < -0.4 is 5.73 Å². The fourth-order valence-corrected chi connectivity index (χ4v) is 1.82. The Balaban J connectivity index is 0.000000450. The third kappa shape index (κ3) is 7.61. The Bertz CT molecular complexity index is 575. The smallest absolute Gasteiger partial charge is 0.0735 e. The maximum Gasteiger partial charge on any atom is 0.0735 e. The minimum atomic E-state index is -0.456. The van der Waals surface area contributed by atoms with Crippen LogP contribution in [0.1, 0.15) is 38.8 Å². The molecular formula is C21H30N2O2. The van der Waals surface area contributed by atoms with Gasteiger partial charge in [-0.3, -0.25) is 4.99 Å². The van der Waals surface area contributed by atoms with Crippen LogP contribution in [0.25, 0.3) is 0 Å². The number of rotatable bonds is 5. The molecule has 136 valence electrons. The van der Waals surface area contributed by atoms with Crippen molar-refractivity contribution >= 4 is 5.71 Å². The van der Waals surface area contributed by atoms with Crippen molar-refractivity contribution in [2.45, 2.75) is 52.0 Å². The van der Waals surface area contributed by atoms with E-state index in [1.165, 1.54) is 0 Å². The van der Waals surface area contributed by atoms with Crippen molar-refractivity contribution in [3.05, 3.63) is 71.8 Å². The van der Waals surface area contributed by atoms with Crippen LogP contribution in [-0.4, -0.2) is 40.2 Å². The van der Waals surface area contributed by atoms with E-state index >= 15 is 0 Å². The monoisotopic (exact) mass is 342 g/mol. The molecule has 4 unspecified atom stereocenters. The largest absolute Gasteiger partial charge is 0.392 e. The highest BCUT2D eigenvalue weighted by Gasteiger charge is 2.11. The molecule has 0 amide bonds. The Morgan fingerprint density at radius 3 is 1.40 bits per heavy atom. The van der Waals surface area contributed by atoms with Crippen molar-refractivity contribution in [2.75, 3.05) is 0 Å². The highest BCUT2D eigenvalue weighted by atomic mass is 16.3. The molecule has 4 nitrogen and oxygen atoms in total. The summed E-state index contributed by atoms with van der Waals surface area (Å²) < 4.78 is 0. The van der Waals surface area contributed by atoms with Crippen LogP contribution in [0.15, 0.2) is 65.7 Å². The molecule has 0 fully saturated rings. The van der Waals surface area contributed by atoms with E-state index in [9.17, 15) is 5.11 Å². The molecule has 0 saturated carbocycles. The zero-order valence-corrected chi connectivity index (χ0v) is 15.5. The molecule has 0 aliphatic rings. The second-order valence-electron chi connectivity index (χ2n) is 6.29. The average molecular weight is 342 g/mol. The Morgan fingerprint density at radius 2 is 1.12 bits per heavy atom. The second-order valence-corrected chi connectivity index (χ2v) is 6.29. The van der Waals surface area contributed by atoms with Crippen LogP contribution >= 0.6 is 0 Å². The summed E-state index contributed by atoms with van der Waals surface area (Å²) in [5, 5.41) is 18.2. The summed E-state index contributed by atoms with van der Waals surface area (Å²) >= 11 is 0. The van der Waals surface area contributed by atoms with E-state index in [2.05, 4.69) is 4.99 Å². The number of hydrogen-bond acceptors (Lipinski definition) is 4. The van der Waals surface area contributed by atoms with E-state index in [4.69, 9.17) is 10.8 Å². The summed E-state index contributed by atoms with van der Waals surface area (Å²) in [6.45, 7) is 7.13. The average Bonchev–Trinajstić information content (AvgIpc) is 2.61. The lowest BCUT2D eigenvalue weighted by Crippen LogP contribution is -2.28. The first-order chi connectivity index (χ1) is 11.8. The number of nitrogens with zero attached hydrogens (tertiary/aromatic N) is 1. The van der Waals surface area contributed by atoms with Gasteiger partial charge >= 0.3 is 0 Å². The molecule has 0 bridgehead atoms. The summed E-state index contributed by atoms with van der Waals surface area (Å²) in [7, 11) is 0. The van der Waals surface area contributed by atoms with E-state index in [1.54, 1.807) is 20.8 Å². The van der Waals surface area contributed by atoms with Crippen LogP contribution in [0.4, 0.5) is 0 Å². The quantitative estimate of drug-likeness (QED) is 0.731. The van der Waals surface area contributed by atoms with Crippen LogP contribution in [0.3, 0.4) is 0 Å². The second kappa shape index (κ2) is 10.8. The first kappa shape index (κ1) is 21.0. The lowest BCUT2D eigenvalue weighted by atomic mass is 10.0. The topological polar surface area (TPSA) is 78.8 Å². The number of aliphatic hydroxyl groups excluding tert-OH is 2. The Labute approximate surface area is 151 Å². The van der Waals surface area contributed by atoms with Gasteiger partial charge in [0.25, 0.3) is 0 Å². The van der Waals surface area contributed by atoms with Crippen LogP contribution in [0, 0.1) is 0 Å². The lowest BCUT2D eigenvalue weighted by Gasteiger charge is -2.14. The molecule has 4 N–H and O–H groups in total. The molecule has 4 heteroatoms. The molecule has 2 aromatic carbocycles. The van der Waals surface area contributed by atoms with Crippen molar-refractivity contribution in [2.24, 2.45) is 10.7 Å². The van der Waals surface area contributed by atoms with Gasteiger partial charge in [0.1, 0.15) is 0 Å². The summed E-state index contributed by atoms with van der Waals surface area (Å²) in [5.41, 5.74) is 8.25. The minimum absolute atomic E-state index is 0.0926. The van der Waals surface area contributed by atoms with Gasteiger partial charge in [0, 0.05) is 17.2 Å². The Hall–Kier alpha value is -2.01. The maximum absolute atomic E-state index is 9.66. The van der Waals surface area contributed by atoms with Gasteiger partial charge in [-0.25, -0.2) is 0 Å². The van der Waals surface area contributed by atoms with E-state index < -0.39 is 6.10 Å². The first-order valence-corrected chi connectivity index (χ1v) is 8.63. The van der Waals surface area contributed by atoms with Gasteiger partial charge in [-0.15, -0.1) is 0 Å². The summed E-state index contributed by atoms with van der Waals surface area (Å²) in [6, 6.07) is 19.9. The Morgan fingerprint density at radius 1 is 0.760 bits per heavy atom. The molecule has 4 atom stereocenters. The lowest BCUT2D eigenvalue weighted by molar-refractivity contribution is 0.170. The molecule has 0 spiro atoms. The molecule has 0 aromatic heterocycles. The van der Waals surface area contributed by atoms with Gasteiger partial charge in [0.2, 0.25) is 0 Å². The highest BCUT2D eigenvalue weighted by molar-refractivity contribution is 6.12. The van der Waals surface area contributed by atoms with Crippen molar-refractivity contribution < 1.29 is 10.2 Å². The standard InChI is InChI=1S/C17H19NO.C4H11NO/c1-13(14(2)19)18-17(15-9-5-3-6-10-15)16-11-7-4-8-12-16;1-3(5)4(2)6/h3-14,19H,1-2H3;3-4,6H,5H2,1-2H3. The van der Waals surface area contributed by atoms with Gasteiger partial charge in [0.05, 0.1) is 24.0 Å². The zero-order valence-electron chi connectivity index (χ0n) is 15.5. The van der Waals surface area contributed by atoms with Crippen LogP contribution in [0.2, 0.25) is 0 Å². The van der Waals surface area contributed by atoms with Gasteiger partial charge in [-0.05, 0) is 27.7 Å². The number of benzene rings is 2. The fraction of sp³-hybridized carbons (Fsp3) is 0.381. The van der Waals surface area contributed by atoms with E-state index in [-0.39, 0.29) is 18.2 Å². The third-order valence-corrected chi connectivity index (χ3v) is 3.89. The highest BCUT2D eigenvalue weighted by Crippen LogP contribution is 2.13. The predicted octanol–water partition coefficient (Wildman–Crippen LogP) is 3.01. The number of nitrogens with two attached hydrogens (primary N) is 1. The molecule has 0 heterocycles. The van der Waals surface area contributed by atoms with Crippen molar-refractivity contribution in [1.82, 2.24) is 0 Å². The minimum Gasteiger partial charge on any atom is -0.392 e. The molecular weight excluding hydrogens is 312 g/mol. The van der Waals surface area contributed by atoms with Gasteiger partial charge < -0.3 is 15.9 Å².